The van der Waals surface area contributed by atoms with Gasteiger partial charge in [0.05, 0.1) is 0 Å². The Kier molecular flexibility index (Phi) is 7.78. The van der Waals surface area contributed by atoms with E-state index >= 15 is 0 Å². The minimum atomic E-state index is -0.403. The smallest absolute Gasteiger partial charge is 0.249 e. The lowest BCUT2D eigenvalue weighted by atomic mass is 10.1. The van der Waals surface area contributed by atoms with Gasteiger partial charge in [0.25, 0.3) is 0 Å². The van der Waals surface area contributed by atoms with E-state index in [0.717, 1.165) is 30.4 Å². The highest BCUT2D eigenvalue weighted by atomic mass is 35.5. The maximum Gasteiger partial charge on any atom is 0.249 e. The molecule has 7 heteroatoms. The maximum absolute atomic E-state index is 12.5. The van der Waals surface area contributed by atoms with Gasteiger partial charge < -0.3 is 15.6 Å². The number of aromatic nitrogens is 2. The normalized spacial score (nSPS) is 11.9. The molecular weight excluding hydrogens is 388 g/mol. The summed E-state index contributed by atoms with van der Waals surface area (Å²) >= 11 is 6.06. The van der Waals surface area contributed by atoms with E-state index in [0.29, 0.717) is 36.1 Å². The summed E-state index contributed by atoms with van der Waals surface area (Å²) in [6, 6.07) is 16.8. The van der Waals surface area contributed by atoms with E-state index in [1.54, 1.807) is 12.1 Å². The predicted molar refractivity (Wildman–Crippen MR) is 113 cm³/mol. The first-order valence-corrected chi connectivity index (χ1v) is 10.2. The third-order valence-electron chi connectivity index (χ3n) is 4.55. The molecule has 1 heterocycles. The van der Waals surface area contributed by atoms with Crippen LogP contribution in [-0.2, 0) is 11.2 Å². The van der Waals surface area contributed by atoms with Gasteiger partial charge in [-0.3, -0.25) is 4.79 Å². The Morgan fingerprint density at radius 2 is 1.93 bits per heavy atom. The second-order valence-corrected chi connectivity index (χ2v) is 7.31. The average molecular weight is 413 g/mol. The van der Waals surface area contributed by atoms with Gasteiger partial charge in [0.1, 0.15) is 6.04 Å². The van der Waals surface area contributed by atoms with Crippen molar-refractivity contribution < 1.29 is 9.32 Å². The summed E-state index contributed by atoms with van der Waals surface area (Å²) in [6.07, 6.45) is 3.67. The van der Waals surface area contributed by atoms with Gasteiger partial charge in [-0.1, -0.05) is 65.6 Å². The van der Waals surface area contributed by atoms with E-state index in [4.69, 9.17) is 21.9 Å². The lowest BCUT2D eigenvalue weighted by Crippen LogP contribution is -2.30. The van der Waals surface area contributed by atoms with Crippen molar-refractivity contribution in [3.8, 4) is 11.4 Å². The first-order valence-electron chi connectivity index (χ1n) is 9.78. The Morgan fingerprint density at radius 3 is 2.69 bits per heavy atom. The third kappa shape index (κ3) is 6.41. The number of benzene rings is 2. The Hall–Kier alpha value is -2.70. The molecule has 0 unspecified atom stereocenters. The highest BCUT2D eigenvalue weighted by molar-refractivity contribution is 6.30. The molecule has 0 saturated heterocycles. The molecule has 29 heavy (non-hydrogen) atoms. The molecule has 0 radical (unpaired) electrons. The molecule has 2 aromatic carbocycles. The van der Waals surface area contributed by atoms with Crippen LogP contribution in [0.2, 0.25) is 5.02 Å². The summed E-state index contributed by atoms with van der Waals surface area (Å²) in [7, 11) is 0. The first-order chi connectivity index (χ1) is 14.2. The monoisotopic (exact) mass is 412 g/mol. The molecule has 0 aliphatic carbocycles. The Balaban J connectivity index is 1.75. The maximum atomic E-state index is 12.5. The standard InChI is InChI=1S/C22H25ClN4O2/c23-18-11-7-10-17(15-18)21-26-22(29-27-21)19(14-16-8-3-1-4-9-16)25-20(28)12-5-2-6-13-24/h1,3-4,7-11,15,19H,2,5-6,12-14,24H2,(H,25,28)/t19-/m0/s1. The first kappa shape index (κ1) is 21.0. The lowest BCUT2D eigenvalue weighted by molar-refractivity contribution is -0.122. The second kappa shape index (κ2) is 10.7. The molecule has 1 atom stereocenters. The van der Waals surface area contributed by atoms with Crippen molar-refractivity contribution in [2.75, 3.05) is 6.54 Å². The van der Waals surface area contributed by atoms with E-state index in [2.05, 4.69) is 15.5 Å². The Bertz CT molecular complexity index is 914. The summed E-state index contributed by atoms with van der Waals surface area (Å²) in [6.45, 7) is 0.645. The number of nitrogens with one attached hydrogen (secondary N) is 1. The quantitative estimate of drug-likeness (QED) is 0.484. The fourth-order valence-electron chi connectivity index (χ4n) is 3.04. The number of halogens is 1. The number of carbonyl (C=O) groups is 1. The molecule has 152 valence electrons. The molecule has 0 saturated carbocycles. The largest absolute Gasteiger partial charge is 0.344 e. The number of rotatable bonds is 10. The van der Waals surface area contributed by atoms with E-state index in [-0.39, 0.29) is 5.91 Å². The lowest BCUT2D eigenvalue weighted by Gasteiger charge is -2.15. The van der Waals surface area contributed by atoms with Gasteiger partial charge in [-0.05, 0) is 37.1 Å². The molecule has 0 fully saturated rings. The number of unbranched alkanes of at least 4 members (excludes halogenated alkanes) is 2. The van der Waals surface area contributed by atoms with Crippen molar-refractivity contribution in [1.82, 2.24) is 15.5 Å². The summed E-state index contributed by atoms with van der Waals surface area (Å²) < 4.78 is 5.50. The number of amides is 1. The topological polar surface area (TPSA) is 94.0 Å². The number of nitrogens with zero attached hydrogens (tertiary/aromatic N) is 2. The number of carbonyl (C=O) groups excluding carboxylic acids is 1. The van der Waals surface area contributed by atoms with Crippen molar-refractivity contribution in [2.45, 2.75) is 38.1 Å². The number of hydrogen-bond donors (Lipinski definition) is 2. The summed E-state index contributed by atoms with van der Waals surface area (Å²) in [5, 5.41) is 7.71. The van der Waals surface area contributed by atoms with Gasteiger partial charge in [0, 0.05) is 23.4 Å². The van der Waals surface area contributed by atoms with Crippen LogP contribution in [0.15, 0.2) is 59.1 Å². The molecule has 6 nitrogen and oxygen atoms in total. The van der Waals surface area contributed by atoms with Gasteiger partial charge in [-0.25, -0.2) is 0 Å². The third-order valence-corrected chi connectivity index (χ3v) is 4.78. The van der Waals surface area contributed by atoms with Gasteiger partial charge in [-0.2, -0.15) is 4.98 Å². The number of hydrogen-bond acceptors (Lipinski definition) is 5. The van der Waals surface area contributed by atoms with Gasteiger partial charge >= 0.3 is 0 Å². The number of nitrogens with two attached hydrogens (primary N) is 1. The van der Waals surface area contributed by atoms with Crippen molar-refractivity contribution in [2.24, 2.45) is 5.73 Å². The van der Waals surface area contributed by atoms with Crippen LogP contribution in [-0.4, -0.2) is 22.6 Å². The van der Waals surface area contributed by atoms with E-state index in [1.165, 1.54) is 0 Å². The van der Waals surface area contributed by atoms with Crippen LogP contribution in [0.4, 0.5) is 0 Å². The van der Waals surface area contributed by atoms with Gasteiger partial charge in [-0.15, -0.1) is 0 Å². The summed E-state index contributed by atoms with van der Waals surface area (Å²) in [5.74, 6) is 0.780. The summed E-state index contributed by atoms with van der Waals surface area (Å²) in [5.41, 5.74) is 7.35. The molecule has 3 N–H and O–H groups in total. The zero-order chi connectivity index (χ0) is 20.5. The molecule has 0 aliphatic rings. The molecule has 0 bridgehead atoms. The van der Waals surface area contributed by atoms with Crippen LogP contribution in [0.5, 0.6) is 0 Å². The minimum Gasteiger partial charge on any atom is -0.344 e. The zero-order valence-electron chi connectivity index (χ0n) is 16.2. The van der Waals surface area contributed by atoms with Crippen molar-refractivity contribution in [3.05, 3.63) is 71.1 Å². The predicted octanol–water partition coefficient (Wildman–Crippen LogP) is 4.31. The fraction of sp³-hybridized carbons (Fsp3) is 0.318. The second-order valence-electron chi connectivity index (χ2n) is 6.88. The molecule has 1 amide bonds. The van der Waals surface area contributed by atoms with Crippen LogP contribution in [0.25, 0.3) is 11.4 Å². The highest BCUT2D eigenvalue weighted by Gasteiger charge is 2.22. The molecule has 0 spiro atoms. The molecule has 0 aliphatic heterocycles. The fourth-order valence-corrected chi connectivity index (χ4v) is 3.23. The van der Waals surface area contributed by atoms with Gasteiger partial charge in [0.15, 0.2) is 0 Å². The SMILES string of the molecule is NCCCCCC(=O)N[C@@H](Cc1ccccc1)c1nc(-c2cccc(Cl)c2)no1. The molecule has 1 aromatic heterocycles. The van der Waals surface area contributed by atoms with Crippen LogP contribution in [0, 0.1) is 0 Å². The average Bonchev–Trinajstić information content (AvgIpc) is 3.22. The Labute approximate surface area is 175 Å². The van der Waals surface area contributed by atoms with E-state index in [9.17, 15) is 4.79 Å². The minimum absolute atomic E-state index is 0.0366. The van der Waals surface area contributed by atoms with Crippen molar-refractivity contribution >= 4 is 17.5 Å². The molecule has 3 rings (SSSR count). The van der Waals surface area contributed by atoms with Crippen LogP contribution < -0.4 is 11.1 Å². The molecule has 3 aromatic rings. The van der Waals surface area contributed by atoms with E-state index < -0.39 is 6.04 Å². The Morgan fingerprint density at radius 1 is 1.10 bits per heavy atom. The van der Waals surface area contributed by atoms with Crippen LogP contribution >= 0.6 is 11.6 Å². The zero-order valence-corrected chi connectivity index (χ0v) is 16.9. The molecular formula is C22H25ClN4O2. The highest BCUT2D eigenvalue weighted by Crippen LogP contribution is 2.23. The van der Waals surface area contributed by atoms with E-state index in [1.807, 2.05) is 42.5 Å². The van der Waals surface area contributed by atoms with Crippen molar-refractivity contribution in [3.63, 3.8) is 0 Å². The van der Waals surface area contributed by atoms with Crippen LogP contribution in [0.3, 0.4) is 0 Å². The van der Waals surface area contributed by atoms with Gasteiger partial charge in [0.2, 0.25) is 17.6 Å². The van der Waals surface area contributed by atoms with Crippen molar-refractivity contribution in [1.29, 1.82) is 0 Å². The summed E-state index contributed by atoms with van der Waals surface area (Å²) in [4.78, 5) is 17.0. The van der Waals surface area contributed by atoms with Crippen LogP contribution in [0.1, 0.15) is 43.2 Å².